The molecule has 0 spiro atoms. The fourth-order valence-corrected chi connectivity index (χ4v) is 2.98. The van der Waals surface area contributed by atoms with Gasteiger partial charge in [0, 0.05) is 17.8 Å². The molecule has 2 aromatic rings. The summed E-state index contributed by atoms with van der Waals surface area (Å²) >= 11 is 0. The molecule has 1 aliphatic heterocycles. The Morgan fingerprint density at radius 1 is 1.08 bits per heavy atom. The van der Waals surface area contributed by atoms with E-state index in [9.17, 15) is 0 Å². The van der Waals surface area contributed by atoms with E-state index in [1.54, 1.807) is 0 Å². The van der Waals surface area contributed by atoms with Crippen LogP contribution in [0.4, 0.5) is 0 Å². The maximum Gasteiger partial charge on any atom is 0.195 e. The molecular formula is C21H26N4. The summed E-state index contributed by atoms with van der Waals surface area (Å²) in [4.78, 5) is 4.45. The molecule has 0 aromatic heterocycles. The molecule has 1 atom stereocenters. The molecule has 1 unspecified atom stereocenters. The fourth-order valence-electron chi connectivity index (χ4n) is 2.98. The monoisotopic (exact) mass is 334 g/mol. The smallest absolute Gasteiger partial charge is 0.195 e. The average molecular weight is 334 g/mol. The van der Waals surface area contributed by atoms with Gasteiger partial charge >= 0.3 is 0 Å². The Balaban J connectivity index is 1.68. The first-order valence-corrected chi connectivity index (χ1v) is 8.70. The van der Waals surface area contributed by atoms with Gasteiger partial charge in [0.05, 0.1) is 0 Å². The number of nitrogens with two attached hydrogens (primary N) is 1. The van der Waals surface area contributed by atoms with E-state index in [1.807, 2.05) is 0 Å². The highest BCUT2D eigenvalue weighted by Crippen LogP contribution is 2.21. The quantitative estimate of drug-likeness (QED) is 0.787. The number of hydrogen-bond acceptors (Lipinski definition) is 4. The first-order valence-electron chi connectivity index (χ1n) is 8.70. The van der Waals surface area contributed by atoms with Crippen LogP contribution < -0.4 is 16.4 Å². The van der Waals surface area contributed by atoms with E-state index in [-0.39, 0.29) is 6.17 Å². The minimum atomic E-state index is -0.110. The molecule has 1 aliphatic rings. The first kappa shape index (κ1) is 17.2. The summed E-state index contributed by atoms with van der Waals surface area (Å²) in [5.74, 6) is 0.450. The molecule has 0 bridgehead atoms. The second-order valence-corrected chi connectivity index (χ2v) is 6.60. The van der Waals surface area contributed by atoms with Crippen molar-refractivity contribution in [2.24, 2.45) is 10.7 Å². The summed E-state index contributed by atoms with van der Waals surface area (Å²) in [5.41, 5.74) is 13.3. The lowest BCUT2D eigenvalue weighted by molar-refractivity contribution is 0.607. The van der Waals surface area contributed by atoms with Crippen LogP contribution in [0, 0.1) is 20.8 Å². The van der Waals surface area contributed by atoms with Crippen LogP contribution >= 0.6 is 0 Å². The van der Waals surface area contributed by atoms with Gasteiger partial charge in [0.15, 0.2) is 5.96 Å². The summed E-state index contributed by atoms with van der Waals surface area (Å²) in [6.07, 6.45) is 2.96. The highest BCUT2D eigenvalue weighted by molar-refractivity contribution is 5.90. The van der Waals surface area contributed by atoms with Gasteiger partial charge in [0.2, 0.25) is 0 Å². The molecule has 0 saturated heterocycles. The maximum absolute atomic E-state index is 6.00. The molecule has 4 N–H and O–H groups in total. The van der Waals surface area contributed by atoms with Gasteiger partial charge in [-0.1, -0.05) is 48.0 Å². The van der Waals surface area contributed by atoms with Crippen molar-refractivity contribution < 1.29 is 0 Å². The second kappa shape index (κ2) is 7.53. The van der Waals surface area contributed by atoms with Gasteiger partial charge in [-0.3, -0.25) is 5.32 Å². The summed E-state index contributed by atoms with van der Waals surface area (Å²) in [6.45, 7) is 7.21. The fraction of sp³-hybridized carbons (Fsp3) is 0.286. The number of benzene rings is 2. The second-order valence-electron chi connectivity index (χ2n) is 6.60. The third kappa shape index (κ3) is 4.28. The number of aliphatic imine (C=N–C) groups is 1. The topological polar surface area (TPSA) is 62.4 Å². The third-order valence-corrected chi connectivity index (χ3v) is 4.65. The van der Waals surface area contributed by atoms with Crippen LogP contribution in [0.5, 0.6) is 0 Å². The minimum absolute atomic E-state index is 0.110. The van der Waals surface area contributed by atoms with Crippen molar-refractivity contribution in [2.45, 2.75) is 33.4 Å². The molecular weight excluding hydrogens is 308 g/mol. The number of guanidine groups is 1. The van der Waals surface area contributed by atoms with Gasteiger partial charge in [-0.05, 0) is 50.0 Å². The van der Waals surface area contributed by atoms with Crippen LogP contribution in [0.3, 0.4) is 0 Å². The zero-order chi connectivity index (χ0) is 17.8. The van der Waals surface area contributed by atoms with Gasteiger partial charge in [0.25, 0.3) is 0 Å². The number of aryl methyl sites for hydroxylation is 2. The van der Waals surface area contributed by atoms with Crippen LogP contribution in [-0.4, -0.2) is 18.7 Å². The molecule has 0 saturated carbocycles. The van der Waals surface area contributed by atoms with Crippen molar-refractivity contribution >= 4 is 11.7 Å². The Bertz CT molecular complexity index is 803. The lowest BCUT2D eigenvalue weighted by Gasteiger charge is -2.22. The molecule has 0 amide bonds. The molecule has 4 heteroatoms. The molecule has 0 aliphatic carbocycles. The van der Waals surface area contributed by atoms with Crippen molar-refractivity contribution in [1.29, 1.82) is 0 Å². The van der Waals surface area contributed by atoms with Gasteiger partial charge in [0.1, 0.15) is 6.17 Å². The molecule has 2 aromatic carbocycles. The summed E-state index contributed by atoms with van der Waals surface area (Å²) in [6, 6.07) is 15.0. The zero-order valence-electron chi connectivity index (χ0n) is 15.1. The predicted molar refractivity (Wildman–Crippen MR) is 105 cm³/mol. The largest absolute Gasteiger partial charge is 0.370 e. The zero-order valence-corrected chi connectivity index (χ0v) is 15.1. The molecule has 4 nitrogen and oxygen atoms in total. The van der Waals surface area contributed by atoms with Crippen molar-refractivity contribution in [2.75, 3.05) is 6.54 Å². The van der Waals surface area contributed by atoms with E-state index in [0.717, 1.165) is 18.7 Å². The van der Waals surface area contributed by atoms with E-state index in [0.29, 0.717) is 5.96 Å². The summed E-state index contributed by atoms with van der Waals surface area (Å²) < 4.78 is 0. The molecule has 1 heterocycles. The minimum Gasteiger partial charge on any atom is -0.370 e. The van der Waals surface area contributed by atoms with E-state index < -0.39 is 0 Å². The lowest BCUT2D eigenvalue weighted by atomic mass is 10.00. The average Bonchev–Trinajstić information content (AvgIpc) is 2.59. The van der Waals surface area contributed by atoms with Gasteiger partial charge < -0.3 is 11.1 Å². The molecule has 130 valence electrons. The Labute approximate surface area is 149 Å². The SMILES string of the molecule is Cc1ccc(CCNC2C=C(c3cccc(C)c3C)NC(N)=N2)cc1. The molecule has 3 rings (SSSR count). The van der Waals surface area contributed by atoms with Crippen LogP contribution in [0.2, 0.25) is 0 Å². The predicted octanol–water partition coefficient (Wildman–Crippen LogP) is 3.03. The standard InChI is InChI=1S/C21H26N4/c1-14-7-9-17(10-8-14)11-12-23-20-13-19(24-21(22)25-20)18-6-4-5-15(2)16(18)3/h4-10,13,20,23H,11-12H2,1-3H3,(H3,22,24,25). The Morgan fingerprint density at radius 2 is 1.84 bits per heavy atom. The van der Waals surface area contributed by atoms with Crippen LogP contribution in [0.1, 0.15) is 27.8 Å². The molecule has 0 fully saturated rings. The van der Waals surface area contributed by atoms with Crippen molar-refractivity contribution in [3.05, 3.63) is 76.4 Å². The Kier molecular flexibility index (Phi) is 5.19. The van der Waals surface area contributed by atoms with Gasteiger partial charge in [-0.15, -0.1) is 0 Å². The van der Waals surface area contributed by atoms with Crippen LogP contribution in [0.15, 0.2) is 53.5 Å². The van der Waals surface area contributed by atoms with Crippen LogP contribution in [0.25, 0.3) is 5.70 Å². The Morgan fingerprint density at radius 3 is 2.60 bits per heavy atom. The van der Waals surface area contributed by atoms with Crippen molar-refractivity contribution in [3.8, 4) is 0 Å². The highest BCUT2D eigenvalue weighted by Gasteiger charge is 2.16. The summed E-state index contributed by atoms with van der Waals surface area (Å²) in [5, 5.41) is 6.66. The van der Waals surface area contributed by atoms with Gasteiger partial charge in [-0.2, -0.15) is 0 Å². The number of nitrogens with zero attached hydrogens (tertiary/aromatic N) is 1. The molecule has 0 radical (unpaired) electrons. The Hall–Kier alpha value is -2.59. The maximum atomic E-state index is 6.00. The van der Waals surface area contributed by atoms with Crippen molar-refractivity contribution in [3.63, 3.8) is 0 Å². The van der Waals surface area contributed by atoms with E-state index in [1.165, 1.54) is 27.8 Å². The summed E-state index contributed by atoms with van der Waals surface area (Å²) in [7, 11) is 0. The third-order valence-electron chi connectivity index (χ3n) is 4.65. The first-order chi connectivity index (χ1) is 12.0. The number of nitrogens with one attached hydrogen (secondary N) is 2. The number of hydrogen-bond donors (Lipinski definition) is 3. The lowest BCUT2D eigenvalue weighted by Crippen LogP contribution is -2.40. The van der Waals surface area contributed by atoms with E-state index in [2.05, 4.69) is 84.9 Å². The van der Waals surface area contributed by atoms with E-state index >= 15 is 0 Å². The van der Waals surface area contributed by atoms with Crippen LogP contribution in [-0.2, 0) is 6.42 Å². The molecule has 25 heavy (non-hydrogen) atoms. The van der Waals surface area contributed by atoms with Gasteiger partial charge in [-0.25, -0.2) is 4.99 Å². The normalized spacial score (nSPS) is 16.8. The number of rotatable bonds is 5. The van der Waals surface area contributed by atoms with Crippen molar-refractivity contribution in [1.82, 2.24) is 10.6 Å². The highest BCUT2D eigenvalue weighted by atomic mass is 15.2. The van der Waals surface area contributed by atoms with E-state index in [4.69, 9.17) is 5.73 Å².